The van der Waals surface area contributed by atoms with Gasteiger partial charge in [0.2, 0.25) is 5.91 Å². The number of para-hydroxylation sites is 1. The predicted molar refractivity (Wildman–Crippen MR) is 100.0 cm³/mol. The summed E-state index contributed by atoms with van der Waals surface area (Å²) in [6.45, 7) is 1.58. The van der Waals surface area contributed by atoms with Crippen molar-refractivity contribution in [2.75, 3.05) is 23.3 Å². The number of anilines is 2. The standard InChI is InChI=1S/C19H20ClN3O2/c20-14-4-3-5-15(12-14)23-10-8-13(9-11-23)19(25)22-17-7-2-1-6-16(17)18(21)24/h1-7,12-13H,8-11H2,(H2,21,24)(H,22,25). The van der Waals surface area contributed by atoms with Crippen molar-refractivity contribution in [1.29, 1.82) is 0 Å². The van der Waals surface area contributed by atoms with E-state index in [9.17, 15) is 9.59 Å². The van der Waals surface area contributed by atoms with Crippen molar-refractivity contribution >= 4 is 34.8 Å². The number of rotatable bonds is 4. The first-order valence-electron chi connectivity index (χ1n) is 8.25. The normalized spacial score (nSPS) is 15.0. The van der Waals surface area contributed by atoms with Gasteiger partial charge in [-0.25, -0.2) is 0 Å². The number of carbonyl (C=O) groups excluding carboxylic acids is 2. The molecule has 1 aliphatic heterocycles. The topological polar surface area (TPSA) is 75.4 Å². The Bertz CT molecular complexity index is 786. The number of halogens is 1. The molecule has 2 aromatic carbocycles. The Morgan fingerprint density at radius 1 is 1.08 bits per heavy atom. The van der Waals surface area contributed by atoms with Crippen LogP contribution in [0.3, 0.4) is 0 Å². The van der Waals surface area contributed by atoms with Gasteiger partial charge in [0.15, 0.2) is 0 Å². The zero-order chi connectivity index (χ0) is 17.8. The highest BCUT2D eigenvalue weighted by molar-refractivity contribution is 6.30. The molecular formula is C19H20ClN3O2. The van der Waals surface area contributed by atoms with E-state index in [1.807, 2.05) is 24.3 Å². The van der Waals surface area contributed by atoms with Gasteiger partial charge in [0, 0.05) is 29.7 Å². The SMILES string of the molecule is NC(=O)c1ccccc1NC(=O)C1CCN(c2cccc(Cl)c2)CC1. The fourth-order valence-corrected chi connectivity index (χ4v) is 3.30. The van der Waals surface area contributed by atoms with E-state index in [0.717, 1.165) is 31.6 Å². The van der Waals surface area contributed by atoms with E-state index >= 15 is 0 Å². The number of nitrogens with one attached hydrogen (secondary N) is 1. The minimum atomic E-state index is -0.549. The van der Waals surface area contributed by atoms with E-state index in [2.05, 4.69) is 10.2 Å². The van der Waals surface area contributed by atoms with Crippen LogP contribution in [0.15, 0.2) is 48.5 Å². The summed E-state index contributed by atoms with van der Waals surface area (Å²) in [6, 6.07) is 14.5. The van der Waals surface area contributed by atoms with Crippen LogP contribution in [-0.4, -0.2) is 24.9 Å². The van der Waals surface area contributed by atoms with Gasteiger partial charge in [-0.15, -0.1) is 0 Å². The summed E-state index contributed by atoms with van der Waals surface area (Å²) >= 11 is 6.05. The molecule has 130 valence electrons. The van der Waals surface area contributed by atoms with E-state index in [0.29, 0.717) is 16.3 Å². The third kappa shape index (κ3) is 4.12. The molecule has 0 bridgehead atoms. The number of primary amides is 1. The van der Waals surface area contributed by atoms with Crippen molar-refractivity contribution in [3.05, 3.63) is 59.1 Å². The Balaban J connectivity index is 1.61. The van der Waals surface area contributed by atoms with Gasteiger partial charge in [-0.05, 0) is 43.2 Å². The number of hydrogen-bond donors (Lipinski definition) is 2. The van der Waals surface area contributed by atoms with Crippen LogP contribution in [0.5, 0.6) is 0 Å². The Labute approximate surface area is 151 Å². The molecule has 1 saturated heterocycles. The van der Waals surface area contributed by atoms with E-state index in [4.69, 9.17) is 17.3 Å². The van der Waals surface area contributed by atoms with E-state index < -0.39 is 5.91 Å². The van der Waals surface area contributed by atoms with E-state index in [-0.39, 0.29) is 11.8 Å². The quantitative estimate of drug-likeness (QED) is 0.881. The molecule has 0 radical (unpaired) electrons. The molecule has 0 atom stereocenters. The summed E-state index contributed by atoms with van der Waals surface area (Å²) in [6.07, 6.45) is 1.49. The molecule has 1 heterocycles. The molecule has 5 nitrogen and oxygen atoms in total. The number of benzene rings is 2. The van der Waals surface area contributed by atoms with Crippen LogP contribution in [0.1, 0.15) is 23.2 Å². The monoisotopic (exact) mass is 357 g/mol. The van der Waals surface area contributed by atoms with Crippen molar-refractivity contribution in [3.63, 3.8) is 0 Å². The maximum Gasteiger partial charge on any atom is 0.250 e. The number of piperidine rings is 1. The van der Waals surface area contributed by atoms with Crippen molar-refractivity contribution in [2.24, 2.45) is 11.7 Å². The van der Waals surface area contributed by atoms with E-state index in [1.165, 1.54) is 0 Å². The van der Waals surface area contributed by atoms with Crippen LogP contribution in [0.4, 0.5) is 11.4 Å². The van der Waals surface area contributed by atoms with Gasteiger partial charge < -0.3 is 16.0 Å². The molecular weight excluding hydrogens is 338 g/mol. The Morgan fingerprint density at radius 3 is 2.48 bits per heavy atom. The highest BCUT2D eigenvalue weighted by atomic mass is 35.5. The van der Waals surface area contributed by atoms with Gasteiger partial charge in [0.05, 0.1) is 11.3 Å². The Hall–Kier alpha value is -2.53. The predicted octanol–water partition coefficient (Wildman–Crippen LogP) is 3.29. The minimum absolute atomic E-state index is 0.0700. The summed E-state index contributed by atoms with van der Waals surface area (Å²) in [5.41, 5.74) is 7.23. The second kappa shape index (κ2) is 7.57. The summed E-state index contributed by atoms with van der Waals surface area (Å²) in [5.74, 6) is -0.706. The summed E-state index contributed by atoms with van der Waals surface area (Å²) in [5, 5.41) is 3.55. The van der Waals surface area contributed by atoms with Gasteiger partial charge in [-0.3, -0.25) is 9.59 Å². The molecule has 25 heavy (non-hydrogen) atoms. The highest BCUT2D eigenvalue weighted by Gasteiger charge is 2.26. The molecule has 0 saturated carbocycles. The molecule has 0 spiro atoms. The minimum Gasteiger partial charge on any atom is -0.371 e. The lowest BCUT2D eigenvalue weighted by Crippen LogP contribution is -2.38. The third-order valence-corrected chi connectivity index (χ3v) is 4.72. The Morgan fingerprint density at radius 2 is 1.80 bits per heavy atom. The van der Waals surface area contributed by atoms with Crippen molar-refractivity contribution in [2.45, 2.75) is 12.8 Å². The highest BCUT2D eigenvalue weighted by Crippen LogP contribution is 2.26. The fourth-order valence-electron chi connectivity index (χ4n) is 3.11. The maximum absolute atomic E-state index is 12.5. The van der Waals surface area contributed by atoms with E-state index in [1.54, 1.807) is 24.3 Å². The zero-order valence-corrected chi connectivity index (χ0v) is 14.5. The molecule has 1 aliphatic rings. The second-order valence-electron chi connectivity index (χ2n) is 6.14. The maximum atomic E-state index is 12.5. The number of carbonyl (C=O) groups is 2. The molecule has 2 amide bonds. The van der Waals surface area contributed by atoms with Gasteiger partial charge in [-0.1, -0.05) is 29.8 Å². The average molecular weight is 358 g/mol. The number of hydrogen-bond acceptors (Lipinski definition) is 3. The fraction of sp³-hybridized carbons (Fsp3) is 0.263. The summed E-state index contributed by atoms with van der Waals surface area (Å²) in [4.78, 5) is 26.2. The molecule has 3 N–H and O–H groups in total. The summed E-state index contributed by atoms with van der Waals surface area (Å²) in [7, 11) is 0. The van der Waals surface area contributed by atoms with Gasteiger partial charge in [0.25, 0.3) is 5.91 Å². The smallest absolute Gasteiger partial charge is 0.250 e. The molecule has 0 aromatic heterocycles. The largest absolute Gasteiger partial charge is 0.371 e. The molecule has 2 aromatic rings. The summed E-state index contributed by atoms with van der Waals surface area (Å²) < 4.78 is 0. The van der Waals surface area contributed by atoms with Gasteiger partial charge in [0.1, 0.15) is 0 Å². The van der Waals surface area contributed by atoms with Gasteiger partial charge >= 0.3 is 0 Å². The zero-order valence-electron chi connectivity index (χ0n) is 13.7. The van der Waals surface area contributed by atoms with Crippen molar-refractivity contribution in [1.82, 2.24) is 0 Å². The van der Waals surface area contributed by atoms with Crippen LogP contribution in [0.25, 0.3) is 0 Å². The molecule has 1 fully saturated rings. The van der Waals surface area contributed by atoms with Crippen LogP contribution < -0.4 is 16.0 Å². The lowest BCUT2D eigenvalue weighted by Gasteiger charge is -2.33. The number of nitrogens with two attached hydrogens (primary N) is 1. The van der Waals surface area contributed by atoms with Crippen molar-refractivity contribution in [3.8, 4) is 0 Å². The van der Waals surface area contributed by atoms with Crippen LogP contribution in [-0.2, 0) is 4.79 Å². The first-order valence-corrected chi connectivity index (χ1v) is 8.62. The van der Waals surface area contributed by atoms with Crippen molar-refractivity contribution < 1.29 is 9.59 Å². The first kappa shape index (κ1) is 17.3. The van der Waals surface area contributed by atoms with Gasteiger partial charge in [-0.2, -0.15) is 0 Å². The van der Waals surface area contributed by atoms with Crippen LogP contribution >= 0.6 is 11.6 Å². The first-order chi connectivity index (χ1) is 12.0. The molecule has 6 heteroatoms. The lowest BCUT2D eigenvalue weighted by molar-refractivity contribution is -0.120. The van der Waals surface area contributed by atoms with Crippen LogP contribution in [0.2, 0.25) is 5.02 Å². The number of amides is 2. The lowest BCUT2D eigenvalue weighted by atomic mass is 9.95. The molecule has 3 rings (SSSR count). The molecule has 0 unspecified atom stereocenters. The average Bonchev–Trinajstić information content (AvgIpc) is 2.62. The second-order valence-corrected chi connectivity index (χ2v) is 6.58. The third-order valence-electron chi connectivity index (χ3n) is 4.49. The van der Waals surface area contributed by atoms with Crippen LogP contribution in [0, 0.1) is 5.92 Å². The number of nitrogens with zero attached hydrogens (tertiary/aromatic N) is 1. The molecule has 0 aliphatic carbocycles. The Kier molecular flexibility index (Phi) is 5.24.